The van der Waals surface area contributed by atoms with E-state index in [2.05, 4.69) is 22.0 Å². The van der Waals surface area contributed by atoms with Gasteiger partial charge >= 0.3 is 0 Å². The fraction of sp³-hybridized carbons (Fsp3) is 0.579. The Labute approximate surface area is 154 Å². The van der Waals surface area contributed by atoms with Crippen molar-refractivity contribution in [3.63, 3.8) is 0 Å². The zero-order chi connectivity index (χ0) is 17.9. The van der Waals surface area contributed by atoms with Crippen molar-refractivity contribution in [1.82, 2.24) is 29.5 Å². The molecule has 2 aromatic rings. The van der Waals surface area contributed by atoms with Crippen LogP contribution in [0.2, 0.25) is 0 Å². The average Bonchev–Trinajstić information content (AvgIpc) is 3.19. The lowest BCUT2D eigenvalue weighted by molar-refractivity contribution is -0.132. The monoisotopic (exact) mass is 354 g/mol. The molecule has 0 spiro atoms. The third-order valence-electron chi connectivity index (χ3n) is 5.47. The highest BCUT2D eigenvalue weighted by Gasteiger charge is 2.26. The molecule has 1 amide bonds. The van der Waals surface area contributed by atoms with Gasteiger partial charge in [-0.2, -0.15) is 5.10 Å². The maximum absolute atomic E-state index is 12.4. The third-order valence-corrected chi connectivity index (χ3v) is 5.47. The largest absolute Gasteiger partial charge is 0.343 e. The molecule has 0 unspecified atom stereocenters. The van der Waals surface area contributed by atoms with E-state index in [1.807, 2.05) is 28.0 Å². The zero-order valence-corrected chi connectivity index (χ0v) is 15.3. The van der Waals surface area contributed by atoms with Crippen molar-refractivity contribution >= 4 is 5.91 Å². The Hall–Kier alpha value is -2.28. The van der Waals surface area contributed by atoms with Crippen LogP contribution in [0.4, 0.5) is 0 Å². The van der Waals surface area contributed by atoms with Gasteiger partial charge in [0.15, 0.2) is 0 Å². The van der Waals surface area contributed by atoms with Gasteiger partial charge in [-0.05, 0) is 26.0 Å². The van der Waals surface area contributed by atoms with Crippen LogP contribution >= 0.6 is 0 Å². The summed E-state index contributed by atoms with van der Waals surface area (Å²) in [6, 6.07) is 1.88. The van der Waals surface area contributed by atoms with Crippen LogP contribution in [0.25, 0.3) is 0 Å². The van der Waals surface area contributed by atoms with E-state index in [4.69, 9.17) is 4.98 Å². The van der Waals surface area contributed by atoms with E-state index in [-0.39, 0.29) is 5.91 Å². The number of carbonyl (C=O) groups is 1. The summed E-state index contributed by atoms with van der Waals surface area (Å²) >= 11 is 0. The molecule has 0 saturated carbocycles. The second kappa shape index (κ2) is 7.53. The molecule has 2 aliphatic rings. The molecule has 4 rings (SSSR count). The van der Waals surface area contributed by atoms with Gasteiger partial charge in [0, 0.05) is 81.3 Å². The fourth-order valence-electron chi connectivity index (χ4n) is 3.86. The summed E-state index contributed by atoms with van der Waals surface area (Å²) in [7, 11) is 2.13. The van der Waals surface area contributed by atoms with Gasteiger partial charge in [0.1, 0.15) is 5.82 Å². The topological polar surface area (TPSA) is 67.2 Å². The predicted molar refractivity (Wildman–Crippen MR) is 97.5 cm³/mol. The summed E-state index contributed by atoms with van der Waals surface area (Å²) in [6.07, 6.45) is 9.06. The molecule has 0 bridgehead atoms. The van der Waals surface area contributed by atoms with Crippen LogP contribution in [-0.2, 0) is 24.3 Å². The van der Waals surface area contributed by atoms with Crippen LogP contribution in [-0.4, -0.2) is 62.1 Å². The Balaban J connectivity index is 1.31. The van der Waals surface area contributed by atoms with Crippen LogP contribution in [0.15, 0.2) is 24.7 Å². The molecular weight excluding hydrogens is 328 g/mol. The highest BCUT2D eigenvalue weighted by atomic mass is 16.2. The first kappa shape index (κ1) is 17.1. The number of carbonyl (C=O) groups excluding carboxylic acids is 1. The lowest BCUT2D eigenvalue weighted by Crippen LogP contribution is -2.38. The molecule has 7 nitrogen and oxygen atoms in total. The summed E-state index contributed by atoms with van der Waals surface area (Å²) < 4.78 is 1.81. The first-order valence-corrected chi connectivity index (χ1v) is 9.47. The molecule has 2 aromatic heterocycles. The van der Waals surface area contributed by atoms with E-state index >= 15 is 0 Å². The minimum Gasteiger partial charge on any atom is -0.343 e. The maximum Gasteiger partial charge on any atom is 0.224 e. The third kappa shape index (κ3) is 3.77. The van der Waals surface area contributed by atoms with Gasteiger partial charge in [-0.3, -0.25) is 9.48 Å². The smallest absolute Gasteiger partial charge is 0.224 e. The number of likely N-dealkylation sites (tertiary alicyclic amines) is 1. The van der Waals surface area contributed by atoms with Crippen LogP contribution in [0.5, 0.6) is 0 Å². The second-order valence-corrected chi connectivity index (χ2v) is 7.36. The molecule has 0 radical (unpaired) electrons. The minimum atomic E-state index is 0.216. The standard InChI is InChI=1S/C19H26N6O/c1-23-9-5-17-16(14-23)13-20-19(22-17)15-3-10-24(11-4-15)18(26)6-12-25-8-2-7-21-25/h2,7-8,13,15H,3-6,9-12,14H2,1H3. The van der Waals surface area contributed by atoms with E-state index in [0.717, 1.165) is 51.3 Å². The summed E-state index contributed by atoms with van der Waals surface area (Å²) in [6.45, 7) is 4.25. The lowest BCUT2D eigenvalue weighted by atomic mass is 9.95. The number of aromatic nitrogens is 4. The van der Waals surface area contributed by atoms with Crippen LogP contribution in [0, 0.1) is 0 Å². The van der Waals surface area contributed by atoms with Gasteiger partial charge in [-0.1, -0.05) is 0 Å². The Morgan fingerprint density at radius 1 is 1.27 bits per heavy atom. The lowest BCUT2D eigenvalue weighted by Gasteiger charge is -2.32. The number of fused-ring (bicyclic) bond motifs is 1. The van der Waals surface area contributed by atoms with E-state index in [0.29, 0.717) is 18.9 Å². The Kier molecular flexibility index (Phi) is 4.97. The van der Waals surface area contributed by atoms with Crippen molar-refractivity contribution in [3.8, 4) is 0 Å². The number of nitrogens with zero attached hydrogens (tertiary/aromatic N) is 6. The van der Waals surface area contributed by atoms with Crippen LogP contribution in [0.3, 0.4) is 0 Å². The number of piperidine rings is 1. The summed E-state index contributed by atoms with van der Waals surface area (Å²) in [5, 5.41) is 4.15. The maximum atomic E-state index is 12.4. The Morgan fingerprint density at radius 3 is 2.88 bits per heavy atom. The van der Waals surface area contributed by atoms with E-state index < -0.39 is 0 Å². The van der Waals surface area contributed by atoms with Crippen molar-refractivity contribution < 1.29 is 4.79 Å². The van der Waals surface area contributed by atoms with Crippen molar-refractivity contribution in [2.45, 2.75) is 44.7 Å². The summed E-state index contributed by atoms with van der Waals surface area (Å²) in [5.74, 6) is 1.56. The molecule has 0 aromatic carbocycles. The molecule has 26 heavy (non-hydrogen) atoms. The summed E-state index contributed by atoms with van der Waals surface area (Å²) in [5.41, 5.74) is 2.47. The Morgan fingerprint density at radius 2 is 2.12 bits per heavy atom. The first-order valence-electron chi connectivity index (χ1n) is 9.47. The first-order chi connectivity index (χ1) is 12.7. The number of aryl methyl sites for hydroxylation is 1. The molecule has 4 heterocycles. The fourth-order valence-corrected chi connectivity index (χ4v) is 3.86. The zero-order valence-electron chi connectivity index (χ0n) is 15.3. The minimum absolute atomic E-state index is 0.216. The molecule has 1 fully saturated rings. The Bertz CT molecular complexity index is 751. The highest BCUT2D eigenvalue weighted by Crippen LogP contribution is 2.27. The molecular formula is C19H26N6O. The molecule has 0 aliphatic carbocycles. The number of amides is 1. The molecule has 1 saturated heterocycles. The molecule has 0 atom stereocenters. The van der Waals surface area contributed by atoms with Gasteiger partial charge in [0.05, 0.1) is 0 Å². The molecule has 7 heteroatoms. The van der Waals surface area contributed by atoms with Crippen LogP contribution < -0.4 is 0 Å². The van der Waals surface area contributed by atoms with Crippen molar-refractivity contribution in [3.05, 3.63) is 41.7 Å². The summed E-state index contributed by atoms with van der Waals surface area (Å²) in [4.78, 5) is 26.2. The van der Waals surface area contributed by atoms with E-state index in [9.17, 15) is 4.79 Å². The van der Waals surface area contributed by atoms with Gasteiger partial charge in [-0.15, -0.1) is 0 Å². The molecule has 0 N–H and O–H groups in total. The molecule has 138 valence electrons. The highest BCUT2D eigenvalue weighted by molar-refractivity contribution is 5.76. The van der Waals surface area contributed by atoms with Crippen molar-refractivity contribution in [2.75, 3.05) is 26.7 Å². The van der Waals surface area contributed by atoms with Gasteiger partial charge in [0.25, 0.3) is 0 Å². The van der Waals surface area contributed by atoms with Gasteiger partial charge in [-0.25, -0.2) is 9.97 Å². The number of hydrogen-bond acceptors (Lipinski definition) is 5. The van der Waals surface area contributed by atoms with Crippen molar-refractivity contribution in [1.29, 1.82) is 0 Å². The quantitative estimate of drug-likeness (QED) is 0.831. The van der Waals surface area contributed by atoms with E-state index in [1.165, 1.54) is 11.3 Å². The van der Waals surface area contributed by atoms with Gasteiger partial charge in [0.2, 0.25) is 5.91 Å². The SMILES string of the molecule is CN1CCc2nc(C3CCN(C(=O)CCn4cccn4)CC3)ncc2C1. The van der Waals surface area contributed by atoms with Gasteiger partial charge < -0.3 is 9.80 Å². The molecule has 2 aliphatic heterocycles. The van der Waals surface area contributed by atoms with Crippen LogP contribution in [0.1, 0.15) is 42.3 Å². The number of likely N-dealkylation sites (N-methyl/N-ethyl adjacent to an activating group) is 1. The normalized spacial score (nSPS) is 18.7. The second-order valence-electron chi connectivity index (χ2n) is 7.36. The number of rotatable bonds is 4. The number of hydrogen-bond donors (Lipinski definition) is 0. The van der Waals surface area contributed by atoms with E-state index in [1.54, 1.807) is 6.20 Å². The predicted octanol–water partition coefficient (Wildman–Crippen LogP) is 1.46. The average molecular weight is 354 g/mol. The van der Waals surface area contributed by atoms with Crippen molar-refractivity contribution in [2.24, 2.45) is 0 Å².